The van der Waals surface area contributed by atoms with Crippen molar-refractivity contribution < 1.29 is 31.4 Å². The third-order valence-electron chi connectivity index (χ3n) is 22.7. The molecule has 87 heavy (non-hydrogen) atoms. The smallest absolute Gasteiger partial charge is 0.0916 e. The minimum atomic E-state index is 0. The van der Waals surface area contributed by atoms with Crippen LogP contribution in [-0.4, -0.2) is 267 Å². The first-order valence-electron chi connectivity index (χ1n) is 36.7. The Hall–Kier alpha value is -0.360. The molecule has 9 heteroatoms. The predicted molar refractivity (Wildman–Crippen MR) is 401 cm³/mol. The summed E-state index contributed by atoms with van der Waals surface area (Å²) in [4.78, 5) is 5.17. The van der Waals surface area contributed by atoms with Gasteiger partial charge in [-0.25, -0.2) is 0 Å². The van der Waals surface area contributed by atoms with Crippen LogP contribution in [0.5, 0.6) is 0 Å². The van der Waals surface area contributed by atoms with Crippen molar-refractivity contribution in [3.8, 4) is 0 Å². The molecule has 11 heterocycles. The topological polar surface area (TPSA) is 6.48 Å². The first-order valence-corrected chi connectivity index (χ1v) is 36.7. The Balaban J connectivity index is -0.000000291. The van der Waals surface area contributed by atoms with Gasteiger partial charge in [0.05, 0.1) is 186 Å². The Morgan fingerprint density at radius 3 is 0.770 bits per heavy atom. The number of piperazine rings is 6. The molecule has 4 bridgehead atoms. The quantitative estimate of drug-likeness (QED) is 0.260. The van der Waals surface area contributed by atoms with Crippen molar-refractivity contribution in [2.75, 3.05) is 207 Å². The first kappa shape index (κ1) is 95.3. The summed E-state index contributed by atoms with van der Waals surface area (Å²) in [7, 11) is 21.5. The molecule has 0 amide bonds. The van der Waals surface area contributed by atoms with Crippen LogP contribution in [-0.2, 0) is 0 Å². The fraction of sp³-hybridized carbons (Fsp3) is 1.00. The van der Waals surface area contributed by atoms with Crippen LogP contribution < -0.4 is 0 Å². The highest BCUT2D eigenvalue weighted by Crippen LogP contribution is 2.40. The second-order valence-electron chi connectivity index (χ2n) is 31.4. The van der Waals surface area contributed by atoms with Crippen molar-refractivity contribution in [3.63, 3.8) is 0 Å². The van der Waals surface area contributed by atoms with E-state index in [2.05, 4.69) is 149 Å². The maximum Gasteiger partial charge on any atom is 0.0916 e. The number of piperidine rings is 3. The third-order valence-corrected chi connectivity index (χ3v) is 22.7. The number of quaternary nitrogens is 7. The second kappa shape index (κ2) is 49.2. The van der Waals surface area contributed by atoms with E-state index < -0.39 is 0 Å². The zero-order chi connectivity index (χ0) is 60.6. The lowest BCUT2D eigenvalue weighted by atomic mass is 9.77. The number of likely N-dealkylation sites (N-methyl/N-ethyl adjacent to an activating group) is 2. The van der Waals surface area contributed by atoms with Crippen LogP contribution in [0, 0.1) is 17.8 Å². The summed E-state index contributed by atoms with van der Waals surface area (Å²) in [5.41, 5.74) is 0. The minimum absolute atomic E-state index is 0. The predicted octanol–water partition coefficient (Wildman–Crippen LogP) is 18.4. The summed E-state index contributed by atoms with van der Waals surface area (Å²) in [6.07, 6.45) is 34.9. The molecule has 14 rings (SSSR count). The molecule has 11 aliphatic heterocycles. The molecule has 0 aromatic heterocycles. The number of rotatable bonds is 3. The molecule has 0 aromatic carbocycles. The Morgan fingerprint density at radius 2 is 0.552 bits per heavy atom. The SMILES string of the molecule is C.C.C.C.C.C.CCC.CCC.CCC.CCC.CC[N+]1(C)CCC1.CC[N+]1(C)CCCC2CCCCC21.CC[N+]12CCN(CC1)CC2.C[N+]1(C)CCC1.C[N+]1(C)CCCC2CCCCC21.C[N+]1(C)CCCC2CCCCC21.C[N+]12CCN(CC1)CC2. The van der Waals surface area contributed by atoms with Crippen LogP contribution in [0.4, 0.5) is 0 Å². The lowest BCUT2D eigenvalue weighted by molar-refractivity contribution is -0.944. The van der Waals surface area contributed by atoms with Crippen LogP contribution in [0.15, 0.2) is 0 Å². The van der Waals surface area contributed by atoms with E-state index >= 15 is 0 Å². The number of hydrogen-bond acceptors (Lipinski definition) is 2. The van der Waals surface area contributed by atoms with Gasteiger partial charge in [-0.3, -0.25) is 9.80 Å². The molecular weight excluding hydrogens is 1060 g/mol. The van der Waals surface area contributed by atoms with E-state index in [1.165, 1.54) is 329 Å². The second-order valence-corrected chi connectivity index (χ2v) is 31.4. The average molecular weight is 1250 g/mol. The number of fused-ring (bicyclic) bond motifs is 9. The van der Waals surface area contributed by atoms with Gasteiger partial charge in [0.1, 0.15) is 0 Å². The zero-order valence-corrected chi connectivity index (χ0v) is 60.0. The van der Waals surface area contributed by atoms with E-state index in [9.17, 15) is 0 Å². The summed E-state index contributed by atoms with van der Waals surface area (Å²) in [5, 5.41) is 0. The van der Waals surface area contributed by atoms with Gasteiger partial charge in [-0.05, 0) is 117 Å². The Morgan fingerprint density at radius 1 is 0.276 bits per heavy atom. The van der Waals surface area contributed by atoms with E-state index in [4.69, 9.17) is 0 Å². The molecule has 14 fully saturated rings. The molecular formula is C78H182N9+7. The van der Waals surface area contributed by atoms with Crippen molar-refractivity contribution in [1.82, 2.24) is 9.80 Å². The molecule has 0 spiro atoms. The van der Waals surface area contributed by atoms with Crippen LogP contribution >= 0.6 is 0 Å². The Labute approximate surface area is 556 Å². The van der Waals surface area contributed by atoms with Gasteiger partial charge in [0.15, 0.2) is 0 Å². The summed E-state index contributed by atoms with van der Waals surface area (Å²) in [5.74, 6) is 3.22. The first-order chi connectivity index (χ1) is 38.4. The van der Waals surface area contributed by atoms with E-state index in [0.29, 0.717) is 0 Å². The van der Waals surface area contributed by atoms with Crippen molar-refractivity contribution in [2.45, 2.75) is 293 Å². The summed E-state index contributed by atoms with van der Waals surface area (Å²) in [6, 6.07) is 3.03. The van der Waals surface area contributed by atoms with Gasteiger partial charge >= 0.3 is 0 Å². The monoisotopic (exact) mass is 1250 g/mol. The lowest BCUT2D eigenvalue weighted by Gasteiger charge is -2.50. The molecule has 11 saturated heterocycles. The largest absolute Gasteiger partial charge is 0.328 e. The van der Waals surface area contributed by atoms with Crippen LogP contribution in [0.2, 0.25) is 0 Å². The number of hydrogen-bond donors (Lipinski definition) is 0. The van der Waals surface area contributed by atoms with Gasteiger partial charge in [0.2, 0.25) is 0 Å². The van der Waals surface area contributed by atoms with Gasteiger partial charge in [-0.15, -0.1) is 0 Å². The molecule has 7 atom stereocenters. The van der Waals surface area contributed by atoms with Gasteiger partial charge < -0.3 is 31.4 Å². The van der Waals surface area contributed by atoms with Crippen LogP contribution in [0.1, 0.15) is 275 Å². The van der Waals surface area contributed by atoms with Crippen LogP contribution in [0.25, 0.3) is 0 Å². The zero-order valence-electron chi connectivity index (χ0n) is 60.0. The van der Waals surface area contributed by atoms with Crippen molar-refractivity contribution in [3.05, 3.63) is 0 Å². The molecule has 14 aliphatic rings. The van der Waals surface area contributed by atoms with Gasteiger partial charge in [-0.2, -0.15) is 0 Å². The van der Waals surface area contributed by atoms with E-state index in [1.54, 1.807) is 0 Å². The Bertz CT molecular complexity index is 1440. The molecule has 3 aliphatic carbocycles. The normalized spacial score (nSPS) is 33.4. The summed E-state index contributed by atoms with van der Waals surface area (Å²) in [6.45, 7) is 54.4. The fourth-order valence-electron chi connectivity index (χ4n) is 16.2. The third kappa shape index (κ3) is 34.1. The summed E-state index contributed by atoms with van der Waals surface area (Å²) >= 11 is 0. The Kier molecular flexibility index (Phi) is 53.9. The lowest BCUT2D eigenvalue weighted by Crippen LogP contribution is -2.67. The van der Waals surface area contributed by atoms with E-state index in [0.717, 1.165) is 35.9 Å². The van der Waals surface area contributed by atoms with Gasteiger partial charge in [-0.1, -0.05) is 145 Å². The minimum Gasteiger partial charge on any atom is -0.328 e. The van der Waals surface area contributed by atoms with Crippen molar-refractivity contribution in [2.24, 2.45) is 17.8 Å². The number of nitrogens with zero attached hydrogens (tertiary/aromatic N) is 9. The van der Waals surface area contributed by atoms with Crippen molar-refractivity contribution in [1.29, 1.82) is 0 Å². The molecule has 0 radical (unpaired) electrons. The fourth-order valence-corrected chi connectivity index (χ4v) is 16.2. The highest BCUT2D eigenvalue weighted by Gasteiger charge is 2.44. The molecule has 532 valence electrons. The molecule has 0 aromatic rings. The molecule has 0 N–H and O–H groups in total. The maximum absolute atomic E-state index is 2.59. The van der Waals surface area contributed by atoms with Crippen molar-refractivity contribution >= 4 is 0 Å². The van der Waals surface area contributed by atoms with E-state index in [-0.39, 0.29) is 44.6 Å². The van der Waals surface area contributed by atoms with Gasteiger partial charge in [0.25, 0.3) is 0 Å². The van der Waals surface area contributed by atoms with E-state index in [1.807, 2.05) is 0 Å². The molecule has 9 nitrogen and oxygen atoms in total. The van der Waals surface area contributed by atoms with Crippen LogP contribution in [0.3, 0.4) is 0 Å². The highest BCUT2D eigenvalue weighted by atomic mass is 15.5. The maximum atomic E-state index is 2.59. The number of likely N-dealkylation sites (tertiary alicyclic amines) is 5. The summed E-state index contributed by atoms with van der Waals surface area (Å²) < 4.78 is 9.33. The molecule has 3 saturated carbocycles. The highest BCUT2D eigenvalue weighted by molar-refractivity contribution is 4.82. The van der Waals surface area contributed by atoms with Gasteiger partial charge in [0, 0.05) is 69.9 Å². The molecule has 7 unspecified atom stereocenters. The standard InChI is InChI=1S/C12H24N.2C11H22N.C8H17N2.C7H15N2.C6H14N.C5H12N.4C3H8.6CH4/c1-3-13(2)10-6-8-11-7-4-5-9-12(11)13;2*1-12(2)9-5-7-10-6-3-4-8-11(10)12;1-2-10-6-3-9(4-7-10)5-8-10;1-9-5-2-8(3-6-9)4-7-9;1-3-7(2)5-4-6-7;1-6(2)4-3-5-6;4*1-3-2;;;;;;/h11-12H,3-10H2,1-2H3;2*10-11H,3-9H2,1-2H3;2-8H2,1H3;2-7H2,1H3;3-6H2,1-2H3;3-5H2,1-2H3;4*3H2,1-2H3;6*1H4/q7*+1;;;;;;;;;;. The average Bonchev–Trinajstić information content (AvgIpc) is 3.20.